The Morgan fingerprint density at radius 2 is 1.89 bits per heavy atom. The molecule has 0 unspecified atom stereocenters. The summed E-state index contributed by atoms with van der Waals surface area (Å²) in [4.78, 5) is 12.9. The number of benzene rings is 1. The number of sulfonamides is 1. The van der Waals surface area contributed by atoms with Crippen LogP contribution in [0.25, 0.3) is 0 Å². The Labute approximate surface area is 169 Å². The minimum atomic E-state index is -3.61. The number of rotatable bonds is 8. The number of carbonyl (C=O) groups excluding carboxylic acids is 1. The summed E-state index contributed by atoms with van der Waals surface area (Å²) in [6, 6.07) is 3.79. The van der Waals surface area contributed by atoms with Crippen molar-refractivity contribution in [1.82, 2.24) is 9.62 Å². The first-order chi connectivity index (χ1) is 13.1. The molecule has 28 heavy (non-hydrogen) atoms. The van der Waals surface area contributed by atoms with Crippen LogP contribution in [0.3, 0.4) is 0 Å². The van der Waals surface area contributed by atoms with Crippen LogP contribution in [0.2, 0.25) is 0 Å². The van der Waals surface area contributed by atoms with Gasteiger partial charge in [-0.1, -0.05) is 17.7 Å². The maximum Gasteiger partial charge on any atom is 0.243 e. The molecule has 2 rings (SSSR count). The summed E-state index contributed by atoms with van der Waals surface area (Å²) < 4.78 is 33.4. The van der Waals surface area contributed by atoms with E-state index in [1.54, 1.807) is 0 Å². The third kappa shape index (κ3) is 5.78. The van der Waals surface area contributed by atoms with Crippen LogP contribution in [0.5, 0.6) is 0 Å². The van der Waals surface area contributed by atoms with E-state index in [1.807, 2.05) is 46.8 Å². The lowest BCUT2D eigenvalue weighted by molar-refractivity contribution is -0.126. The zero-order valence-corrected chi connectivity index (χ0v) is 18.6. The van der Waals surface area contributed by atoms with E-state index in [0.29, 0.717) is 37.4 Å². The Morgan fingerprint density at radius 1 is 1.25 bits per heavy atom. The first-order valence-electron chi connectivity index (χ1n) is 10.1. The van der Waals surface area contributed by atoms with Crippen molar-refractivity contribution in [3.05, 3.63) is 28.8 Å². The summed E-state index contributed by atoms with van der Waals surface area (Å²) in [6.07, 6.45) is 2.34. The normalized spacial score (nSPS) is 18.4. The highest BCUT2D eigenvalue weighted by atomic mass is 32.2. The van der Waals surface area contributed by atoms with Crippen LogP contribution >= 0.6 is 0 Å². The van der Waals surface area contributed by atoms with E-state index in [9.17, 15) is 13.2 Å². The summed E-state index contributed by atoms with van der Waals surface area (Å²) in [7, 11) is -3.61. The number of hydrogen-bond donors (Lipinski definition) is 1. The Kier molecular flexibility index (Phi) is 8.04. The number of amides is 1. The van der Waals surface area contributed by atoms with Gasteiger partial charge in [0.15, 0.2) is 0 Å². The quantitative estimate of drug-likeness (QED) is 0.669. The summed E-state index contributed by atoms with van der Waals surface area (Å²) in [5.74, 6) is -0.373. The molecule has 0 spiro atoms. The van der Waals surface area contributed by atoms with E-state index in [4.69, 9.17) is 4.74 Å². The Morgan fingerprint density at radius 3 is 2.50 bits per heavy atom. The number of ether oxygens (including phenoxy) is 1. The molecule has 0 saturated carbocycles. The van der Waals surface area contributed by atoms with E-state index in [2.05, 4.69) is 5.32 Å². The van der Waals surface area contributed by atoms with Crippen molar-refractivity contribution in [3.8, 4) is 0 Å². The highest BCUT2D eigenvalue weighted by Crippen LogP contribution is 2.28. The zero-order chi connectivity index (χ0) is 20.9. The molecular weight excluding hydrogens is 376 g/mol. The fraction of sp³-hybridized carbons (Fsp3) is 0.667. The average molecular weight is 411 g/mol. The van der Waals surface area contributed by atoms with Gasteiger partial charge in [0.25, 0.3) is 0 Å². The van der Waals surface area contributed by atoms with Gasteiger partial charge in [0, 0.05) is 26.2 Å². The van der Waals surface area contributed by atoms with Gasteiger partial charge in [-0.05, 0) is 65.0 Å². The molecule has 0 aliphatic carbocycles. The molecule has 1 fully saturated rings. The van der Waals surface area contributed by atoms with Gasteiger partial charge in [0.05, 0.1) is 16.9 Å². The molecular formula is C21H34N2O4S. The lowest BCUT2D eigenvalue weighted by atomic mass is 9.99. The van der Waals surface area contributed by atoms with Crippen LogP contribution in [0, 0.1) is 26.7 Å². The zero-order valence-electron chi connectivity index (χ0n) is 17.7. The highest BCUT2D eigenvalue weighted by molar-refractivity contribution is 7.89. The number of piperidine rings is 1. The third-order valence-electron chi connectivity index (χ3n) is 5.03. The largest absolute Gasteiger partial charge is 0.379 e. The van der Waals surface area contributed by atoms with Gasteiger partial charge >= 0.3 is 0 Å². The fourth-order valence-corrected chi connectivity index (χ4v) is 5.76. The first-order valence-corrected chi connectivity index (χ1v) is 11.5. The number of aryl methyl sites for hydroxylation is 3. The Bertz CT molecular complexity index is 767. The predicted octanol–water partition coefficient (Wildman–Crippen LogP) is 2.94. The SMILES string of the molecule is Cc1cc(C)c(S(=O)(=O)N2CCC[C@H](C(=O)NCCCOC(C)C)C2)c(C)c1. The minimum absolute atomic E-state index is 0.0678. The van der Waals surface area contributed by atoms with Gasteiger partial charge in [-0.3, -0.25) is 4.79 Å². The molecule has 1 N–H and O–H groups in total. The minimum Gasteiger partial charge on any atom is -0.379 e. The van der Waals surface area contributed by atoms with Crippen molar-refractivity contribution in [1.29, 1.82) is 0 Å². The average Bonchev–Trinajstić information content (AvgIpc) is 2.60. The van der Waals surface area contributed by atoms with Gasteiger partial charge in [-0.2, -0.15) is 4.31 Å². The molecule has 6 nitrogen and oxygen atoms in total. The molecule has 0 radical (unpaired) electrons. The lowest BCUT2D eigenvalue weighted by Crippen LogP contribution is -2.45. The van der Waals surface area contributed by atoms with Gasteiger partial charge in [0.1, 0.15) is 0 Å². The molecule has 7 heteroatoms. The summed E-state index contributed by atoms with van der Waals surface area (Å²) in [5, 5.41) is 2.93. The van der Waals surface area contributed by atoms with E-state index in [-0.39, 0.29) is 24.5 Å². The monoisotopic (exact) mass is 410 g/mol. The van der Waals surface area contributed by atoms with Crippen LogP contribution in [-0.2, 0) is 19.6 Å². The summed E-state index contributed by atoms with van der Waals surface area (Å²) in [5.41, 5.74) is 2.56. The summed E-state index contributed by atoms with van der Waals surface area (Å²) in [6.45, 7) is 11.4. The molecule has 1 aromatic rings. The van der Waals surface area contributed by atoms with E-state index >= 15 is 0 Å². The number of carbonyl (C=O) groups is 1. The topological polar surface area (TPSA) is 75.7 Å². The molecule has 1 saturated heterocycles. The summed E-state index contributed by atoms with van der Waals surface area (Å²) >= 11 is 0. The van der Waals surface area contributed by atoms with Gasteiger partial charge < -0.3 is 10.1 Å². The third-order valence-corrected chi connectivity index (χ3v) is 7.20. The smallest absolute Gasteiger partial charge is 0.243 e. The maximum atomic E-state index is 13.2. The molecule has 1 aliphatic heterocycles. The fourth-order valence-electron chi connectivity index (χ4n) is 3.82. The van der Waals surface area contributed by atoms with Crippen LogP contribution in [0.15, 0.2) is 17.0 Å². The Hall–Kier alpha value is -1.44. The second kappa shape index (κ2) is 9.85. The van der Waals surface area contributed by atoms with Crippen LogP contribution < -0.4 is 5.32 Å². The van der Waals surface area contributed by atoms with E-state index in [0.717, 1.165) is 23.1 Å². The van der Waals surface area contributed by atoms with Gasteiger partial charge in [-0.15, -0.1) is 0 Å². The van der Waals surface area contributed by atoms with Gasteiger partial charge in [-0.25, -0.2) is 8.42 Å². The first kappa shape index (κ1) is 22.8. The molecule has 1 heterocycles. The van der Waals surface area contributed by atoms with E-state index in [1.165, 1.54) is 4.31 Å². The highest BCUT2D eigenvalue weighted by Gasteiger charge is 2.34. The van der Waals surface area contributed by atoms with Crippen LogP contribution in [0.1, 0.15) is 49.8 Å². The van der Waals surface area contributed by atoms with Crippen molar-refractivity contribution in [2.45, 2.75) is 64.9 Å². The maximum absolute atomic E-state index is 13.2. The number of nitrogens with zero attached hydrogens (tertiary/aromatic N) is 1. The second-order valence-corrected chi connectivity index (χ2v) is 9.87. The molecule has 0 aromatic heterocycles. The lowest BCUT2D eigenvalue weighted by Gasteiger charge is -2.32. The van der Waals surface area contributed by atoms with E-state index < -0.39 is 10.0 Å². The van der Waals surface area contributed by atoms with Crippen molar-refractivity contribution < 1.29 is 17.9 Å². The molecule has 1 aromatic carbocycles. The van der Waals surface area contributed by atoms with Gasteiger partial charge in [0.2, 0.25) is 15.9 Å². The predicted molar refractivity (Wildman–Crippen MR) is 111 cm³/mol. The van der Waals surface area contributed by atoms with Crippen molar-refractivity contribution >= 4 is 15.9 Å². The van der Waals surface area contributed by atoms with Crippen LogP contribution in [0.4, 0.5) is 0 Å². The molecule has 1 amide bonds. The molecule has 1 atom stereocenters. The van der Waals surface area contributed by atoms with Crippen molar-refractivity contribution in [2.24, 2.45) is 5.92 Å². The number of nitrogens with one attached hydrogen (secondary N) is 1. The molecule has 1 aliphatic rings. The Balaban J connectivity index is 2.01. The van der Waals surface area contributed by atoms with Crippen molar-refractivity contribution in [2.75, 3.05) is 26.2 Å². The molecule has 0 bridgehead atoms. The van der Waals surface area contributed by atoms with Crippen LogP contribution in [-0.4, -0.2) is 51.0 Å². The van der Waals surface area contributed by atoms with Crippen molar-refractivity contribution in [3.63, 3.8) is 0 Å². The number of hydrogen-bond acceptors (Lipinski definition) is 4. The molecule has 158 valence electrons. The second-order valence-electron chi connectivity index (χ2n) is 7.99. The standard InChI is InChI=1S/C21H34N2O4S/c1-15(2)27-11-7-9-22-21(24)19-8-6-10-23(14-19)28(25,26)20-17(4)12-16(3)13-18(20)5/h12-13,15,19H,6-11,14H2,1-5H3,(H,22,24)/t19-/m0/s1.